The summed E-state index contributed by atoms with van der Waals surface area (Å²) in [4.78, 5) is 17.7. The monoisotopic (exact) mass is 383 g/mol. The van der Waals surface area contributed by atoms with Crippen LogP contribution in [0, 0.1) is 18.3 Å². The van der Waals surface area contributed by atoms with Crippen LogP contribution in [0.4, 0.5) is 0 Å². The molecule has 0 spiro atoms. The van der Waals surface area contributed by atoms with Gasteiger partial charge in [0, 0.05) is 6.42 Å². The molecule has 1 heterocycles. The number of nitriles is 1. The summed E-state index contributed by atoms with van der Waals surface area (Å²) in [6.45, 7) is 8.23. The highest BCUT2D eigenvalue weighted by Gasteiger charge is 2.13. The van der Waals surface area contributed by atoms with E-state index in [-0.39, 0.29) is 5.56 Å². The average molecular weight is 383 g/mol. The molecule has 0 radical (unpaired) electrons. The van der Waals surface area contributed by atoms with Gasteiger partial charge in [-0.1, -0.05) is 68.5 Å². The van der Waals surface area contributed by atoms with E-state index in [0.717, 1.165) is 47.5 Å². The molecule has 0 atom stereocenters. The van der Waals surface area contributed by atoms with Gasteiger partial charge < -0.3 is 0 Å². The Labute approximate surface area is 171 Å². The average Bonchev–Trinajstić information content (AvgIpc) is 2.75. The predicted molar refractivity (Wildman–Crippen MR) is 118 cm³/mol. The lowest BCUT2D eigenvalue weighted by Crippen LogP contribution is -2.28. The molecule has 0 bridgehead atoms. The number of aromatic nitrogens is 2. The molecule has 146 valence electrons. The first-order valence-electron chi connectivity index (χ1n) is 9.90. The van der Waals surface area contributed by atoms with Gasteiger partial charge in [0.1, 0.15) is 5.82 Å². The molecule has 0 aliphatic carbocycles. The van der Waals surface area contributed by atoms with Crippen molar-refractivity contribution in [2.45, 2.75) is 39.7 Å². The van der Waals surface area contributed by atoms with Gasteiger partial charge in [0.25, 0.3) is 5.56 Å². The van der Waals surface area contributed by atoms with Crippen molar-refractivity contribution in [3.63, 3.8) is 0 Å². The predicted octanol–water partition coefficient (Wildman–Crippen LogP) is 5.12. The highest BCUT2D eigenvalue weighted by atomic mass is 16.1. The van der Waals surface area contributed by atoms with Crippen molar-refractivity contribution in [3.8, 4) is 17.2 Å². The van der Waals surface area contributed by atoms with Crippen LogP contribution in [-0.2, 0) is 13.0 Å². The molecule has 0 amide bonds. The molecule has 0 unspecified atom stereocenters. The maximum atomic E-state index is 13.0. The highest BCUT2D eigenvalue weighted by molar-refractivity contribution is 5.70. The van der Waals surface area contributed by atoms with Crippen molar-refractivity contribution in [1.82, 2.24) is 9.55 Å². The Morgan fingerprint density at radius 2 is 1.90 bits per heavy atom. The summed E-state index contributed by atoms with van der Waals surface area (Å²) < 4.78 is 1.76. The summed E-state index contributed by atoms with van der Waals surface area (Å²) in [5, 5.41) is 9.33. The van der Waals surface area contributed by atoms with Crippen LogP contribution in [0.2, 0.25) is 0 Å². The van der Waals surface area contributed by atoms with E-state index >= 15 is 0 Å². The van der Waals surface area contributed by atoms with E-state index in [2.05, 4.69) is 24.6 Å². The van der Waals surface area contributed by atoms with E-state index in [9.17, 15) is 10.1 Å². The molecule has 3 rings (SSSR count). The van der Waals surface area contributed by atoms with Crippen LogP contribution in [0.15, 0.2) is 59.9 Å². The Morgan fingerprint density at radius 1 is 1.17 bits per heavy atom. The lowest BCUT2D eigenvalue weighted by atomic mass is 9.99. The minimum Gasteiger partial charge on any atom is -0.292 e. The first-order valence-corrected chi connectivity index (χ1v) is 9.90. The Kier molecular flexibility index (Phi) is 6.41. The third-order valence-corrected chi connectivity index (χ3v) is 5.08. The quantitative estimate of drug-likeness (QED) is 0.569. The van der Waals surface area contributed by atoms with Gasteiger partial charge in [0.15, 0.2) is 0 Å². The summed E-state index contributed by atoms with van der Waals surface area (Å²) in [6.07, 6.45) is 4.40. The van der Waals surface area contributed by atoms with Crippen LogP contribution in [0.3, 0.4) is 0 Å². The second kappa shape index (κ2) is 9.16. The third-order valence-electron chi connectivity index (χ3n) is 5.08. The van der Waals surface area contributed by atoms with E-state index in [1.807, 2.05) is 55.5 Å². The molecule has 0 N–H and O–H groups in total. The van der Waals surface area contributed by atoms with E-state index in [1.165, 1.54) is 0 Å². The topological polar surface area (TPSA) is 58.7 Å². The van der Waals surface area contributed by atoms with Crippen molar-refractivity contribution in [3.05, 3.63) is 93.7 Å². The Balaban J connectivity index is 1.97. The van der Waals surface area contributed by atoms with Gasteiger partial charge in [0.2, 0.25) is 0 Å². The van der Waals surface area contributed by atoms with Crippen LogP contribution in [0.1, 0.15) is 48.0 Å². The van der Waals surface area contributed by atoms with Gasteiger partial charge in [-0.2, -0.15) is 5.26 Å². The Bertz CT molecular complexity index is 1120. The normalized spacial score (nSPS) is 10.5. The van der Waals surface area contributed by atoms with Crippen molar-refractivity contribution in [2.24, 2.45) is 0 Å². The largest absolute Gasteiger partial charge is 0.292 e. The molecule has 29 heavy (non-hydrogen) atoms. The van der Waals surface area contributed by atoms with Gasteiger partial charge in [-0.05, 0) is 36.1 Å². The minimum absolute atomic E-state index is 0.0440. The van der Waals surface area contributed by atoms with Crippen molar-refractivity contribution < 1.29 is 0 Å². The molecule has 2 aromatic carbocycles. The third kappa shape index (κ3) is 4.35. The summed E-state index contributed by atoms with van der Waals surface area (Å²) in [5.41, 5.74) is 4.81. The molecule has 4 heteroatoms. The summed E-state index contributed by atoms with van der Waals surface area (Å²) in [7, 11) is 0. The van der Waals surface area contributed by atoms with E-state index in [1.54, 1.807) is 10.6 Å². The first-order chi connectivity index (χ1) is 14.1. The molecule has 0 aliphatic heterocycles. The van der Waals surface area contributed by atoms with Crippen LogP contribution in [-0.4, -0.2) is 9.55 Å². The van der Waals surface area contributed by atoms with Gasteiger partial charge in [-0.25, -0.2) is 4.98 Å². The number of unbranched alkanes of at least 4 members (excludes halogenated alkanes) is 1. The summed E-state index contributed by atoms with van der Waals surface area (Å²) in [5.74, 6) is 0.818. The van der Waals surface area contributed by atoms with Crippen LogP contribution in [0.5, 0.6) is 0 Å². The fourth-order valence-corrected chi connectivity index (χ4v) is 3.46. The lowest BCUT2D eigenvalue weighted by molar-refractivity contribution is 0.631. The van der Waals surface area contributed by atoms with Crippen LogP contribution in [0.25, 0.3) is 17.2 Å². The second-order valence-corrected chi connectivity index (χ2v) is 7.08. The van der Waals surface area contributed by atoms with E-state index < -0.39 is 0 Å². The Hall–Kier alpha value is -3.45. The highest BCUT2D eigenvalue weighted by Crippen LogP contribution is 2.23. The molecule has 0 aliphatic rings. The smallest absolute Gasteiger partial charge is 0.261 e. The van der Waals surface area contributed by atoms with E-state index in [0.29, 0.717) is 17.7 Å². The number of hydrogen-bond acceptors (Lipinski definition) is 3. The molecule has 4 nitrogen and oxygen atoms in total. The molecule has 0 fully saturated rings. The zero-order valence-electron chi connectivity index (χ0n) is 17.0. The SMILES string of the molecule is C=Cc1c(C)nc(CCCC)n(Cc2ccc(-c3ccccc3C#N)cc2)c1=O. The molecule has 3 aromatic rings. The molecular weight excluding hydrogens is 358 g/mol. The molecule has 1 aromatic heterocycles. The van der Waals surface area contributed by atoms with Crippen molar-refractivity contribution in [1.29, 1.82) is 5.26 Å². The van der Waals surface area contributed by atoms with Gasteiger partial charge >= 0.3 is 0 Å². The van der Waals surface area contributed by atoms with Crippen LogP contribution < -0.4 is 5.56 Å². The molecule has 0 saturated carbocycles. The van der Waals surface area contributed by atoms with Crippen molar-refractivity contribution in [2.75, 3.05) is 0 Å². The zero-order chi connectivity index (χ0) is 20.8. The standard InChI is InChI=1S/C25H25N3O/c1-4-6-11-24-27-18(3)22(5-2)25(29)28(24)17-19-12-14-20(15-13-19)23-10-8-7-9-21(23)16-26/h5,7-10,12-15H,2,4,6,11,17H2,1,3H3. The maximum Gasteiger partial charge on any atom is 0.261 e. The number of rotatable bonds is 7. The zero-order valence-corrected chi connectivity index (χ0v) is 17.0. The number of aryl methyl sites for hydroxylation is 2. The second-order valence-electron chi connectivity index (χ2n) is 7.08. The Morgan fingerprint density at radius 3 is 2.55 bits per heavy atom. The number of hydrogen-bond donors (Lipinski definition) is 0. The van der Waals surface area contributed by atoms with Gasteiger partial charge in [-0.3, -0.25) is 9.36 Å². The first kappa shape index (κ1) is 20.3. The fourth-order valence-electron chi connectivity index (χ4n) is 3.46. The summed E-state index contributed by atoms with van der Waals surface area (Å²) in [6, 6.07) is 17.8. The minimum atomic E-state index is -0.0440. The maximum absolute atomic E-state index is 13.0. The van der Waals surface area contributed by atoms with Crippen LogP contribution >= 0.6 is 0 Å². The van der Waals surface area contributed by atoms with Gasteiger partial charge in [-0.15, -0.1) is 0 Å². The van der Waals surface area contributed by atoms with E-state index in [4.69, 9.17) is 0 Å². The fraction of sp³-hybridized carbons (Fsp3) is 0.240. The number of benzene rings is 2. The lowest BCUT2D eigenvalue weighted by Gasteiger charge is -2.15. The number of nitrogens with zero attached hydrogens (tertiary/aromatic N) is 3. The summed E-state index contributed by atoms with van der Waals surface area (Å²) >= 11 is 0. The van der Waals surface area contributed by atoms with Crippen molar-refractivity contribution >= 4 is 6.08 Å². The van der Waals surface area contributed by atoms with Gasteiger partial charge in [0.05, 0.1) is 29.4 Å². The molecule has 0 saturated heterocycles. The molecular formula is C25H25N3O.